The number of carbonyl (C=O) groups is 1. The Labute approximate surface area is 149 Å². The molecule has 4 N–H and O–H groups in total. The zero-order valence-electron chi connectivity index (χ0n) is 14.1. The van der Waals surface area contributed by atoms with E-state index in [9.17, 15) is 9.90 Å². The van der Waals surface area contributed by atoms with Crippen LogP contribution in [-0.4, -0.2) is 42.4 Å². The van der Waals surface area contributed by atoms with Gasteiger partial charge < -0.3 is 25.6 Å². The number of amides is 1. The lowest BCUT2D eigenvalue weighted by molar-refractivity contribution is -0.132. The summed E-state index contributed by atoms with van der Waals surface area (Å²) in [6, 6.07) is 7.22. The van der Waals surface area contributed by atoms with Gasteiger partial charge in [0.1, 0.15) is 11.9 Å². The van der Waals surface area contributed by atoms with Crippen LogP contribution in [0.5, 0.6) is 5.75 Å². The van der Waals surface area contributed by atoms with Crippen molar-refractivity contribution in [2.75, 3.05) is 13.1 Å². The van der Waals surface area contributed by atoms with Gasteiger partial charge in [-0.1, -0.05) is 12.1 Å². The SMILES string of the molecule is CC(C)Oc1ccc(C(O)CNC(=O)[C@@H]2CC[C@H](CN)O2)cc1.Cl. The molecule has 0 aromatic heterocycles. The molecule has 1 aromatic carbocycles. The Kier molecular flexibility index (Phi) is 8.48. The van der Waals surface area contributed by atoms with Gasteiger partial charge in [-0.3, -0.25) is 4.79 Å². The molecule has 6 nitrogen and oxygen atoms in total. The van der Waals surface area contributed by atoms with Gasteiger partial charge in [-0.25, -0.2) is 0 Å². The van der Waals surface area contributed by atoms with Gasteiger partial charge in [0.25, 0.3) is 0 Å². The van der Waals surface area contributed by atoms with Gasteiger partial charge in [0.15, 0.2) is 0 Å². The molecule has 1 heterocycles. The number of rotatable bonds is 7. The van der Waals surface area contributed by atoms with Gasteiger partial charge >= 0.3 is 0 Å². The van der Waals surface area contributed by atoms with E-state index < -0.39 is 12.2 Å². The summed E-state index contributed by atoms with van der Waals surface area (Å²) in [5, 5.41) is 12.9. The maximum Gasteiger partial charge on any atom is 0.249 e. The molecule has 7 heteroatoms. The summed E-state index contributed by atoms with van der Waals surface area (Å²) in [6.07, 6.45) is 0.314. The number of aliphatic hydroxyl groups excluding tert-OH is 1. The summed E-state index contributed by atoms with van der Waals surface area (Å²) in [6.45, 7) is 4.49. The van der Waals surface area contributed by atoms with Crippen molar-refractivity contribution in [1.29, 1.82) is 0 Å². The van der Waals surface area contributed by atoms with Gasteiger partial charge in [0, 0.05) is 13.1 Å². The molecule has 1 aliphatic rings. The van der Waals surface area contributed by atoms with Crippen LogP contribution in [0, 0.1) is 0 Å². The van der Waals surface area contributed by atoms with Gasteiger partial charge in [0.05, 0.1) is 18.3 Å². The van der Waals surface area contributed by atoms with Crippen molar-refractivity contribution in [2.24, 2.45) is 5.73 Å². The van der Waals surface area contributed by atoms with Crippen molar-refractivity contribution >= 4 is 18.3 Å². The molecule has 1 unspecified atom stereocenters. The van der Waals surface area contributed by atoms with Gasteiger partial charge in [-0.15, -0.1) is 12.4 Å². The minimum absolute atomic E-state index is 0. The van der Waals surface area contributed by atoms with Crippen LogP contribution in [0.4, 0.5) is 0 Å². The molecular weight excluding hydrogens is 332 g/mol. The molecule has 136 valence electrons. The molecule has 1 fully saturated rings. The highest BCUT2D eigenvalue weighted by Crippen LogP contribution is 2.20. The van der Waals surface area contributed by atoms with Crippen LogP contribution in [0.15, 0.2) is 24.3 Å². The molecule has 0 aliphatic carbocycles. The van der Waals surface area contributed by atoms with Crippen LogP contribution in [-0.2, 0) is 9.53 Å². The molecule has 0 saturated carbocycles. The summed E-state index contributed by atoms with van der Waals surface area (Å²) in [7, 11) is 0. The molecule has 0 spiro atoms. The summed E-state index contributed by atoms with van der Waals surface area (Å²) >= 11 is 0. The van der Waals surface area contributed by atoms with Crippen LogP contribution in [0.25, 0.3) is 0 Å². The van der Waals surface area contributed by atoms with E-state index in [4.69, 9.17) is 15.2 Å². The Bertz CT molecular complexity index is 510. The number of aliphatic hydroxyl groups is 1. The van der Waals surface area contributed by atoms with Crippen molar-refractivity contribution in [3.63, 3.8) is 0 Å². The maximum atomic E-state index is 12.0. The second kappa shape index (κ2) is 9.84. The minimum Gasteiger partial charge on any atom is -0.491 e. The van der Waals surface area contributed by atoms with E-state index in [0.29, 0.717) is 13.0 Å². The van der Waals surface area contributed by atoms with E-state index in [0.717, 1.165) is 17.7 Å². The average molecular weight is 359 g/mol. The second-order valence-electron chi connectivity index (χ2n) is 6.06. The largest absolute Gasteiger partial charge is 0.491 e. The van der Waals surface area contributed by atoms with Crippen molar-refractivity contribution in [3.05, 3.63) is 29.8 Å². The molecule has 1 saturated heterocycles. The van der Waals surface area contributed by atoms with E-state index in [1.54, 1.807) is 12.1 Å². The molecule has 1 aliphatic heterocycles. The molecule has 0 radical (unpaired) electrons. The molecule has 0 bridgehead atoms. The topological polar surface area (TPSA) is 93.8 Å². The van der Waals surface area contributed by atoms with E-state index in [-0.39, 0.29) is 37.1 Å². The van der Waals surface area contributed by atoms with Crippen molar-refractivity contribution < 1.29 is 19.4 Å². The third-order valence-corrected chi connectivity index (χ3v) is 3.77. The zero-order chi connectivity index (χ0) is 16.8. The zero-order valence-corrected chi connectivity index (χ0v) is 14.9. The van der Waals surface area contributed by atoms with Crippen LogP contribution in [0.1, 0.15) is 38.4 Å². The van der Waals surface area contributed by atoms with Crippen LogP contribution in [0.2, 0.25) is 0 Å². The molecule has 3 atom stereocenters. The fraction of sp³-hybridized carbons (Fsp3) is 0.588. The van der Waals surface area contributed by atoms with E-state index in [2.05, 4.69) is 5.32 Å². The first-order valence-corrected chi connectivity index (χ1v) is 8.07. The number of carbonyl (C=O) groups excluding carboxylic acids is 1. The highest BCUT2D eigenvalue weighted by atomic mass is 35.5. The number of nitrogens with two attached hydrogens (primary N) is 1. The Morgan fingerprint density at radius 1 is 1.38 bits per heavy atom. The molecule has 24 heavy (non-hydrogen) atoms. The molecule has 1 aromatic rings. The monoisotopic (exact) mass is 358 g/mol. The quantitative estimate of drug-likeness (QED) is 0.687. The Morgan fingerprint density at radius 2 is 2.04 bits per heavy atom. The molecule has 1 amide bonds. The lowest BCUT2D eigenvalue weighted by Gasteiger charge is -2.16. The van der Waals surface area contributed by atoms with Crippen molar-refractivity contribution in [2.45, 2.75) is 51.1 Å². The lowest BCUT2D eigenvalue weighted by Crippen LogP contribution is -2.37. The number of hydrogen-bond acceptors (Lipinski definition) is 5. The first kappa shape index (κ1) is 20.7. The molecule has 2 rings (SSSR count). The average Bonchev–Trinajstić information content (AvgIpc) is 3.01. The fourth-order valence-corrected chi connectivity index (χ4v) is 2.54. The summed E-state index contributed by atoms with van der Waals surface area (Å²) in [5.41, 5.74) is 6.26. The van der Waals surface area contributed by atoms with E-state index in [1.165, 1.54) is 0 Å². The number of nitrogens with one attached hydrogen (secondary N) is 1. The van der Waals surface area contributed by atoms with E-state index >= 15 is 0 Å². The van der Waals surface area contributed by atoms with Gasteiger partial charge in [-0.05, 0) is 44.4 Å². The Morgan fingerprint density at radius 3 is 2.58 bits per heavy atom. The Hall–Kier alpha value is -1.34. The van der Waals surface area contributed by atoms with Gasteiger partial charge in [-0.2, -0.15) is 0 Å². The predicted molar refractivity (Wildman–Crippen MR) is 94.4 cm³/mol. The molecular formula is C17H27ClN2O4. The number of halogens is 1. The highest BCUT2D eigenvalue weighted by molar-refractivity contribution is 5.85. The van der Waals surface area contributed by atoms with Crippen LogP contribution in [0.3, 0.4) is 0 Å². The van der Waals surface area contributed by atoms with Crippen LogP contribution >= 0.6 is 12.4 Å². The summed E-state index contributed by atoms with van der Waals surface area (Å²) in [4.78, 5) is 12.0. The number of hydrogen-bond donors (Lipinski definition) is 3. The van der Waals surface area contributed by atoms with Gasteiger partial charge in [0.2, 0.25) is 5.91 Å². The lowest BCUT2D eigenvalue weighted by atomic mass is 10.1. The standard InChI is InChI=1S/C17H26N2O4.ClH/c1-11(2)22-13-5-3-12(4-6-13)15(20)10-19-17(21)16-8-7-14(9-18)23-16;/h3-6,11,14-16,20H,7-10,18H2,1-2H3,(H,19,21);1H/t14-,15?,16+;/m1./s1. The Balaban J connectivity index is 0.00000288. The van der Waals surface area contributed by atoms with Crippen molar-refractivity contribution in [3.8, 4) is 5.75 Å². The maximum absolute atomic E-state index is 12.0. The highest BCUT2D eigenvalue weighted by Gasteiger charge is 2.29. The fourth-order valence-electron chi connectivity index (χ4n) is 2.54. The van der Waals surface area contributed by atoms with E-state index in [1.807, 2.05) is 26.0 Å². The second-order valence-corrected chi connectivity index (χ2v) is 6.06. The predicted octanol–water partition coefficient (Wildman–Crippen LogP) is 1.55. The van der Waals surface area contributed by atoms with Crippen LogP contribution < -0.4 is 15.8 Å². The third-order valence-electron chi connectivity index (χ3n) is 3.77. The summed E-state index contributed by atoms with van der Waals surface area (Å²) in [5.74, 6) is 0.562. The van der Waals surface area contributed by atoms with Crippen molar-refractivity contribution in [1.82, 2.24) is 5.32 Å². The first-order valence-electron chi connectivity index (χ1n) is 8.07. The normalized spacial score (nSPS) is 21.2. The smallest absolute Gasteiger partial charge is 0.249 e. The third kappa shape index (κ3) is 5.94. The minimum atomic E-state index is -0.765. The number of ether oxygens (including phenoxy) is 2. The summed E-state index contributed by atoms with van der Waals surface area (Å²) < 4.78 is 11.1. The number of benzene rings is 1. The first-order chi connectivity index (χ1) is 11.0.